The van der Waals surface area contributed by atoms with Crippen molar-refractivity contribution in [2.45, 2.75) is 12.8 Å². The van der Waals surface area contributed by atoms with Gasteiger partial charge >= 0.3 is 5.97 Å². The first kappa shape index (κ1) is 13.4. The largest absolute Gasteiger partial charge is 0.463 e. The van der Waals surface area contributed by atoms with Crippen LogP contribution < -0.4 is 5.32 Å². The Balaban J connectivity index is 1.80. The summed E-state index contributed by atoms with van der Waals surface area (Å²) < 4.78 is 15.2. The lowest BCUT2D eigenvalue weighted by Crippen LogP contribution is -2.43. The van der Waals surface area contributed by atoms with Crippen molar-refractivity contribution in [3.05, 3.63) is 0 Å². The van der Waals surface area contributed by atoms with Gasteiger partial charge in [-0.1, -0.05) is 0 Å². The monoisotopic (exact) mass is 231 g/mol. The summed E-state index contributed by atoms with van der Waals surface area (Å²) >= 11 is 0. The van der Waals surface area contributed by atoms with E-state index >= 15 is 0 Å². The summed E-state index contributed by atoms with van der Waals surface area (Å²) in [5.41, 5.74) is 0. The highest BCUT2D eigenvalue weighted by Gasteiger charge is 2.20. The summed E-state index contributed by atoms with van der Waals surface area (Å²) in [6, 6.07) is 0. The third-order valence-electron chi connectivity index (χ3n) is 2.45. The minimum atomic E-state index is -0.119. The second-order valence-electron chi connectivity index (χ2n) is 3.91. The van der Waals surface area contributed by atoms with E-state index in [-0.39, 0.29) is 5.97 Å². The summed E-state index contributed by atoms with van der Waals surface area (Å²) in [5, 5.41) is 3.12. The molecule has 0 spiro atoms. The molecule has 0 radical (unpaired) electrons. The molecule has 0 bridgehead atoms. The Hall–Kier alpha value is -0.650. The van der Waals surface area contributed by atoms with Gasteiger partial charge in [0.2, 0.25) is 0 Å². The van der Waals surface area contributed by atoms with Crippen LogP contribution in [0.2, 0.25) is 0 Å². The molecule has 0 aromatic heterocycles. The topological polar surface area (TPSA) is 56.8 Å². The Morgan fingerprint density at radius 3 is 2.69 bits per heavy atom. The second-order valence-corrected chi connectivity index (χ2v) is 3.91. The molecule has 1 fully saturated rings. The minimum absolute atomic E-state index is 0.119. The van der Waals surface area contributed by atoms with Crippen LogP contribution in [0.25, 0.3) is 0 Å². The molecule has 16 heavy (non-hydrogen) atoms. The molecular weight excluding hydrogens is 210 g/mol. The van der Waals surface area contributed by atoms with E-state index in [1.54, 1.807) is 7.11 Å². The lowest BCUT2D eigenvalue weighted by atomic mass is 10.00. The number of esters is 1. The molecule has 0 aromatic carbocycles. The van der Waals surface area contributed by atoms with Gasteiger partial charge in [-0.15, -0.1) is 0 Å². The molecule has 5 nitrogen and oxygen atoms in total. The van der Waals surface area contributed by atoms with Gasteiger partial charge in [-0.2, -0.15) is 0 Å². The number of rotatable bonds is 9. The van der Waals surface area contributed by atoms with Gasteiger partial charge in [-0.3, -0.25) is 4.79 Å². The molecule has 1 aliphatic heterocycles. The maximum atomic E-state index is 11.3. The van der Waals surface area contributed by atoms with Crippen molar-refractivity contribution in [2.24, 2.45) is 5.92 Å². The first-order chi connectivity index (χ1) is 7.83. The van der Waals surface area contributed by atoms with Crippen LogP contribution in [0, 0.1) is 5.92 Å². The van der Waals surface area contributed by atoms with E-state index < -0.39 is 0 Å². The van der Waals surface area contributed by atoms with Crippen LogP contribution in [-0.2, 0) is 19.0 Å². The molecule has 1 N–H and O–H groups in total. The summed E-state index contributed by atoms with van der Waals surface area (Å²) in [7, 11) is 1.66. The van der Waals surface area contributed by atoms with Crippen molar-refractivity contribution in [2.75, 3.05) is 46.6 Å². The number of methoxy groups -OCH3 is 1. The van der Waals surface area contributed by atoms with Gasteiger partial charge in [0, 0.05) is 20.3 Å². The van der Waals surface area contributed by atoms with Gasteiger partial charge in [0.1, 0.15) is 6.61 Å². The van der Waals surface area contributed by atoms with E-state index in [2.05, 4.69) is 5.32 Å². The highest BCUT2D eigenvalue weighted by Crippen LogP contribution is 2.08. The number of nitrogens with one attached hydrogen (secondary N) is 1. The molecular formula is C11H21NO4. The van der Waals surface area contributed by atoms with E-state index in [4.69, 9.17) is 14.2 Å². The third-order valence-corrected chi connectivity index (χ3v) is 2.45. The maximum Gasteiger partial charge on any atom is 0.306 e. The van der Waals surface area contributed by atoms with E-state index in [0.717, 1.165) is 19.5 Å². The number of hydrogen-bond acceptors (Lipinski definition) is 5. The Kier molecular flexibility index (Phi) is 7.12. The standard InChI is InChI=1S/C11H21NO4/c1-14-3-2-4-15-5-6-16-11(13)7-10-8-12-9-10/h10,12H,2-9H2,1H3. The second kappa shape index (κ2) is 8.50. The fourth-order valence-electron chi connectivity index (χ4n) is 1.41. The Labute approximate surface area is 96.4 Å². The number of hydrogen-bond donors (Lipinski definition) is 1. The van der Waals surface area contributed by atoms with Crippen molar-refractivity contribution >= 4 is 5.97 Å². The lowest BCUT2D eigenvalue weighted by Gasteiger charge is -2.25. The molecule has 94 valence electrons. The fourth-order valence-corrected chi connectivity index (χ4v) is 1.41. The fraction of sp³-hybridized carbons (Fsp3) is 0.909. The van der Waals surface area contributed by atoms with Crippen LogP contribution in [-0.4, -0.2) is 52.6 Å². The minimum Gasteiger partial charge on any atom is -0.463 e. The van der Waals surface area contributed by atoms with E-state index in [9.17, 15) is 4.79 Å². The average Bonchev–Trinajstić information content (AvgIpc) is 2.22. The first-order valence-electron chi connectivity index (χ1n) is 5.76. The van der Waals surface area contributed by atoms with E-state index in [1.165, 1.54) is 0 Å². The SMILES string of the molecule is COCCCOCCOC(=O)CC1CNC1. The molecule has 0 aromatic rings. The molecule has 1 rings (SSSR count). The lowest BCUT2D eigenvalue weighted by molar-refractivity contribution is -0.146. The summed E-state index contributed by atoms with van der Waals surface area (Å²) in [6.07, 6.45) is 1.40. The quantitative estimate of drug-likeness (QED) is 0.453. The normalized spacial score (nSPS) is 15.8. The van der Waals surface area contributed by atoms with E-state index in [1.807, 2.05) is 0 Å². The van der Waals surface area contributed by atoms with Gasteiger partial charge in [0.25, 0.3) is 0 Å². The van der Waals surface area contributed by atoms with Crippen LogP contribution >= 0.6 is 0 Å². The molecule has 0 saturated carbocycles. The zero-order valence-corrected chi connectivity index (χ0v) is 9.87. The van der Waals surface area contributed by atoms with Gasteiger partial charge in [-0.05, 0) is 25.4 Å². The van der Waals surface area contributed by atoms with Gasteiger partial charge in [-0.25, -0.2) is 0 Å². The smallest absolute Gasteiger partial charge is 0.306 e. The predicted octanol–water partition coefficient (Wildman–Crippen LogP) is 0.192. The highest BCUT2D eigenvalue weighted by atomic mass is 16.6. The van der Waals surface area contributed by atoms with Crippen molar-refractivity contribution < 1.29 is 19.0 Å². The summed E-state index contributed by atoms with van der Waals surface area (Å²) in [4.78, 5) is 11.3. The van der Waals surface area contributed by atoms with Crippen molar-refractivity contribution in [1.29, 1.82) is 0 Å². The molecule has 0 amide bonds. The molecule has 0 unspecified atom stereocenters. The molecule has 1 saturated heterocycles. The van der Waals surface area contributed by atoms with Crippen molar-refractivity contribution in [3.63, 3.8) is 0 Å². The number of ether oxygens (including phenoxy) is 3. The molecule has 1 aliphatic rings. The number of carbonyl (C=O) groups excluding carboxylic acids is 1. The van der Waals surface area contributed by atoms with E-state index in [0.29, 0.717) is 38.8 Å². The van der Waals surface area contributed by atoms with Gasteiger partial charge in [0.05, 0.1) is 13.0 Å². The molecule has 5 heteroatoms. The Bertz CT molecular complexity index is 194. The predicted molar refractivity (Wildman–Crippen MR) is 59.2 cm³/mol. The average molecular weight is 231 g/mol. The summed E-state index contributed by atoms with van der Waals surface area (Å²) in [5.74, 6) is 0.349. The zero-order valence-electron chi connectivity index (χ0n) is 9.87. The maximum absolute atomic E-state index is 11.3. The van der Waals surface area contributed by atoms with Crippen LogP contribution in [0.15, 0.2) is 0 Å². The molecule has 0 atom stereocenters. The van der Waals surface area contributed by atoms with Crippen molar-refractivity contribution in [3.8, 4) is 0 Å². The van der Waals surface area contributed by atoms with Crippen LogP contribution in [0.5, 0.6) is 0 Å². The van der Waals surface area contributed by atoms with Crippen LogP contribution in [0.3, 0.4) is 0 Å². The molecule has 1 heterocycles. The summed E-state index contributed by atoms with van der Waals surface area (Å²) in [6.45, 7) is 4.04. The van der Waals surface area contributed by atoms with Crippen LogP contribution in [0.1, 0.15) is 12.8 Å². The highest BCUT2D eigenvalue weighted by molar-refractivity contribution is 5.69. The molecule has 0 aliphatic carbocycles. The zero-order chi connectivity index (χ0) is 11.6. The van der Waals surface area contributed by atoms with Gasteiger partial charge in [0.15, 0.2) is 0 Å². The number of carbonyl (C=O) groups is 1. The first-order valence-corrected chi connectivity index (χ1v) is 5.76. The Morgan fingerprint density at radius 1 is 1.25 bits per heavy atom. The van der Waals surface area contributed by atoms with Gasteiger partial charge < -0.3 is 19.5 Å². The third kappa shape index (κ3) is 6.05. The Morgan fingerprint density at radius 2 is 2.06 bits per heavy atom. The van der Waals surface area contributed by atoms with Crippen molar-refractivity contribution in [1.82, 2.24) is 5.32 Å². The van der Waals surface area contributed by atoms with Crippen LogP contribution in [0.4, 0.5) is 0 Å².